The van der Waals surface area contributed by atoms with Gasteiger partial charge in [0.05, 0.1) is 27.9 Å². The first-order valence-electron chi connectivity index (χ1n) is 9.85. The van der Waals surface area contributed by atoms with Crippen LogP contribution in [0.25, 0.3) is 0 Å². The highest BCUT2D eigenvalue weighted by Crippen LogP contribution is 2.40. The molecule has 0 spiro atoms. The SMILES string of the molecule is COc1ccc(CCC(=O)N(Cc2ccccc2)c2ccccc2)c(OC)c1OC. The quantitative estimate of drug-likeness (QED) is 0.509. The lowest BCUT2D eigenvalue weighted by Crippen LogP contribution is -2.30. The van der Waals surface area contributed by atoms with Gasteiger partial charge in [-0.15, -0.1) is 0 Å². The summed E-state index contributed by atoms with van der Waals surface area (Å²) in [5.41, 5.74) is 2.86. The first-order chi connectivity index (χ1) is 14.7. The van der Waals surface area contributed by atoms with Crippen LogP contribution in [-0.2, 0) is 17.8 Å². The highest BCUT2D eigenvalue weighted by molar-refractivity contribution is 5.93. The number of benzene rings is 3. The van der Waals surface area contributed by atoms with Crippen LogP contribution in [0.2, 0.25) is 0 Å². The number of nitrogens with zero attached hydrogens (tertiary/aromatic N) is 1. The van der Waals surface area contributed by atoms with Crippen molar-refractivity contribution in [1.82, 2.24) is 0 Å². The van der Waals surface area contributed by atoms with E-state index in [0.29, 0.717) is 36.6 Å². The fourth-order valence-electron chi connectivity index (χ4n) is 3.43. The number of amides is 1. The number of para-hydroxylation sites is 1. The maximum absolute atomic E-state index is 13.2. The molecule has 0 saturated heterocycles. The summed E-state index contributed by atoms with van der Waals surface area (Å²) < 4.78 is 16.4. The van der Waals surface area contributed by atoms with Gasteiger partial charge in [0.2, 0.25) is 11.7 Å². The standard InChI is InChI=1S/C25H27NO4/c1-28-22-16-14-20(24(29-2)25(22)30-3)15-17-23(27)26(21-12-8-5-9-13-21)18-19-10-6-4-7-11-19/h4-14,16H,15,17-18H2,1-3H3. The van der Waals surface area contributed by atoms with Crippen molar-refractivity contribution in [2.75, 3.05) is 26.2 Å². The summed E-state index contributed by atoms with van der Waals surface area (Å²) >= 11 is 0. The van der Waals surface area contributed by atoms with Gasteiger partial charge >= 0.3 is 0 Å². The molecule has 1 amide bonds. The second kappa shape index (κ2) is 10.3. The van der Waals surface area contributed by atoms with Crippen molar-refractivity contribution in [3.05, 3.63) is 83.9 Å². The molecule has 0 fully saturated rings. The molecule has 0 saturated carbocycles. The Morgan fingerprint density at radius 2 is 1.40 bits per heavy atom. The van der Waals surface area contributed by atoms with Crippen LogP contribution in [0.5, 0.6) is 17.2 Å². The van der Waals surface area contributed by atoms with Crippen molar-refractivity contribution < 1.29 is 19.0 Å². The van der Waals surface area contributed by atoms with Gasteiger partial charge in [0.25, 0.3) is 0 Å². The molecule has 0 atom stereocenters. The van der Waals surface area contributed by atoms with Gasteiger partial charge in [0.1, 0.15) is 0 Å². The van der Waals surface area contributed by atoms with Gasteiger partial charge in [-0.05, 0) is 35.7 Å². The van der Waals surface area contributed by atoms with E-state index in [1.54, 1.807) is 21.3 Å². The van der Waals surface area contributed by atoms with Gasteiger partial charge in [0.15, 0.2) is 11.5 Å². The molecule has 0 unspecified atom stereocenters. The molecule has 3 rings (SSSR count). The van der Waals surface area contributed by atoms with E-state index in [2.05, 4.69) is 0 Å². The number of carbonyl (C=O) groups is 1. The minimum atomic E-state index is 0.0434. The molecule has 0 heterocycles. The summed E-state index contributed by atoms with van der Waals surface area (Å²) in [7, 11) is 4.75. The zero-order valence-electron chi connectivity index (χ0n) is 17.6. The number of ether oxygens (including phenoxy) is 3. The molecule has 3 aromatic carbocycles. The Kier molecular flexibility index (Phi) is 7.33. The van der Waals surface area contributed by atoms with Crippen LogP contribution in [0, 0.1) is 0 Å². The van der Waals surface area contributed by atoms with E-state index in [4.69, 9.17) is 14.2 Å². The molecule has 0 aliphatic carbocycles. The fourth-order valence-corrected chi connectivity index (χ4v) is 3.43. The third kappa shape index (κ3) is 4.92. The fraction of sp³-hybridized carbons (Fsp3) is 0.240. The van der Waals surface area contributed by atoms with Crippen LogP contribution in [0.3, 0.4) is 0 Å². The number of hydrogen-bond donors (Lipinski definition) is 0. The normalized spacial score (nSPS) is 10.4. The number of rotatable bonds is 9. The Balaban J connectivity index is 1.81. The van der Waals surface area contributed by atoms with Gasteiger partial charge in [-0.25, -0.2) is 0 Å². The monoisotopic (exact) mass is 405 g/mol. The van der Waals surface area contributed by atoms with Gasteiger partial charge < -0.3 is 19.1 Å². The summed E-state index contributed by atoms with van der Waals surface area (Å²) in [5, 5.41) is 0. The molecule has 0 bridgehead atoms. The number of anilines is 1. The van der Waals surface area contributed by atoms with Crippen LogP contribution in [0.15, 0.2) is 72.8 Å². The lowest BCUT2D eigenvalue weighted by molar-refractivity contribution is -0.118. The Labute approximate surface area is 177 Å². The Morgan fingerprint density at radius 3 is 2.00 bits per heavy atom. The van der Waals surface area contributed by atoms with E-state index in [-0.39, 0.29) is 5.91 Å². The van der Waals surface area contributed by atoms with Crippen molar-refractivity contribution >= 4 is 11.6 Å². The minimum absolute atomic E-state index is 0.0434. The predicted molar refractivity (Wildman–Crippen MR) is 118 cm³/mol. The van der Waals surface area contributed by atoms with E-state index >= 15 is 0 Å². The van der Waals surface area contributed by atoms with Crippen LogP contribution in [0.4, 0.5) is 5.69 Å². The van der Waals surface area contributed by atoms with Crippen molar-refractivity contribution in [3.63, 3.8) is 0 Å². The van der Waals surface area contributed by atoms with E-state index in [9.17, 15) is 4.79 Å². The third-order valence-electron chi connectivity index (χ3n) is 4.95. The van der Waals surface area contributed by atoms with Crippen LogP contribution < -0.4 is 19.1 Å². The predicted octanol–water partition coefficient (Wildman–Crippen LogP) is 4.88. The molecule has 0 aliphatic heterocycles. The van der Waals surface area contributed by atoms with E-state index in [0.717, 1.165) is 16.8 Å². The van der Waals surface area contributed by atoms with E-state index < -0.39 is 0 Å². The Hall–Kier alpha value is -3.47. The maximum atomic E-state index is 13.2. The number of hydrogen-bond acceptors (Lipinski definition) is 4. The molecule has 30 heavy (non-hydrogen) atoms. The van der Waals surface area contributed by atoms with Crippen LogP contribution in [0.1, 0.15) is 17.5 Å². The Morgan fingerprint density at radius 1 is 0.767 bits per heavy atom. The zero-order valence-corrected chi connectivity index (χ0v) is 17.6. The van der Waals surface area contributed by atoms with Gasteiger partial charge in [-0.3, -0.25) is 4.79 Å². The van der Waals surface area contributed by atoms with E-state index in [1.165, 1.54) is 0 Å². The number of aryl methyl sites for hydroxylation is 1. The molecule has 0 radical (unpaired) electrons. The molecule has 5 nitrogen and oxygen atoms in total. The molecular formula is C25H27NO4. The molecule has 156 valence electrons. The summed E-state index contributed by atoms with van der Waals surface area (Å²) in [6.07, 6.45) is 0.869. The summed E-state index contributed by atoms with van der Waals surface area (Å²) in [6, 6.07) is 23.5. The first-order valence-corrected chi connectivity index (χ1v) is 9.85. The molecule has 5 heteroatoms. The zero-order chi connectivity index (χ0) is 21.3. The van der Waals surface area contributed by atoms with Gasteiger partial charge in [-0.1, -0.05) is 54.6 Å². The number of carbonyl (C=O) groups excluding carboxylic acids is 1. The minimum Gasteiger partial charge on any atom is -0.493 e. The summed E-state index contributed by atoms with van der Waals surface area (Å²) in [6.45, 7) is 0.521. The number of methoxy groups -OCH3 is 3. The third-order valence-corrected chi connectivity index (χ3v) is 4.95. The lowest BCUT2D eigenvalue weighted by Gasteiger charge is -2.23. The molecule has 0 aromatic heterocycles. The van der Waals surface area contributed by atoms with Crippen molar-refractivity contribution in [2.24, 2.45) is 0 Å². The largest absolute Gasteiger partial charge is 0.493 e. The maximum Gasteiger partial charge on any atom is 0.227 e. The van der Waals surface area contributed by atoms with Crippen molar-refractivity contribution in [3.8, 4) is 17.2 Å². The van der Waals surface area contributed by atoms with Crippen molar-refractivity contribution in [2.45, 2.75) is 19.4 Å². The summed E-state index contributed by atoms with van der Waals surface area (Å²) in [4.78, 5) is 15.0. The van der Waals surface area contributed by atoms with Gasteiger partial charge in [-0.2, -0.15) is 0 Å². The topological polar surface area (TPSA) is 48.0 Å². The molecule has 0 N–H and O–H groups in total. The van der Waals surface area contributed by atoms with Crippen LogP contribution in [-0.4, -0.2) is 27.2 Å². The first kappa shape index (κ1) is 21.2. The van der Waals surface area contributed by atoms with Crippen LogP contribution >= 0.6 is 0 Å². The second-order valence-electron chi connectivity index (χ2n) is 6.79. The van der Waals surface area contributed by atoms with Gasteiger partial charge in [0, 0.05) is 12.1 Å². The van der Waals surface area contributed by atoms with E-state index in [1.807, 2.05) is 77.7 Å². The second-order valence-corrected chi connectivity index (χ2v) is 6.79. The molecule has 3 aromatic rings. The molecular weight excluding hydrogens is 378 g/mol. The Bertz CT molecular complexity index is 958. The average molecular weight is 405 g/mol. The molecule has 0 aliphatic rings. The summed E-state index contributed by atoms with van der Waals surface area (Å²) in [5.74, 6) is 1.77. The van der Waals surface area contributed by atoms with Crippen molar-refractivity contribution in [1.29, 1.82) is 0 Å². The lowest BCUT2D eigenvalue weighted by atomic mass is 10.1. The highest BCUT2D eigenvalue weighted by atomic mass is 16.5. The smallest absolute Gasteiger partial charge is 0.227 e. The average Bonchev–Trinajstić information content (AvgIpc) is 2.81. The highest BCUT2D eigenvalue weighted by Gasteiger charge is 2.20.